The number of cyclic esters (lactones) is 1. The van der Waals surface area contributed by atoms with Crippen LogP contribution in [0.25, 0.3) is 0 Å². The van der Waals surface area contributed by atoms with E-state index in [4.69, 9.17) is 18.9 Å². The van der Waals surface area contributed by atoms with E-state index >= 15 is 0 Å². The molecule has 1 heterocycles. The van der Waals surface area contributed by atoms with Crippen LogP contribution in [0.3, 0.4) is 0 Å². The topological polar surface area (TPSA) is 54.0 Å². The van der Waals surface area contributed by atoms with E-state index < -0.39 is 0 Å². The van der Waals surface area contributed by atoms with Crippen molar-refractivity contribution in [3.63, 3.8) is 0 Å². The molecule has 2 rings (SSSR count). The van der Waals surface area contributed by atoms with Gasteiger partial charge in [0.2, 0.25) is 0 Å². The van der Waals surface area contributed by atoms with Crippen molar-refractivity contribution in [2.75, 3.05) is 27.4 Å². The number of ether oxygens (including phenoxy) is 4. The van der Waals surface area contributed by atoms with Crippen LogP contribution in [0.4, 0.5) is 0 Å². The largest absolute Gasteiger partial charge is 0.493 e. The Kier molecular flexibility index (Phi) is 10.6. The maximum absolute atomic E-state index is 12.2. The van der Waals surface area contributed by atoms with Crippen molar-refractivity contribution in [2.24, 2.45) is 23.7 Å². The van der Waals surface area contributed by atoms with Gasteiger partial charge in [0.05, 0.1) is 24.5 Å². The molecule has 1 aliphatic rings. The number of alkyl halides is 1. The third-order valence-corrected chi connectivity index (χ3v) is 7.18. The maximum Gasteiger partial charge on any atom is 0.309 e. The quantitative estimate of drug-likeness (QED) is 0.199. The van der Waals surface area contributed by atoms with Gasteiger partial charge < -0.3 is 18.9 Å². The number of hydrogen-bond donors (Lipinski definition) is 0. The van der Waals surface area contributed by atoms with Gasteiger partial charge in [0.1, 0.15) is 6.10 Å². The monoisotopic (exact) mass is 498 g/mol. The van der Waals surface area contributed by atoms with Gasteiger partial charge in [-0.25, -0.2) is 0 Å². The molecule has 0 radical (unpaired) electrons. The highest BCUT2D eigenvalue weighted by Gasteiger charge is 2.40. The number of halogens is 1. The Morgan fingerprint density at radius 3 is 2.45 bits per heavy atom. The van der Waals surface area contributed by atoms with Crippen LogP contribution >= 0.6 is 15.9 Å². The van der Waals surface area contributed by atoms with Gasteiger partial charge in [-0.3, -0.25) is 4.79 Å². The fraction of sp³-hybridized carbons (Fsp3) is 0.720. The van der Waals surface area contributed by atoms with Crippen molar-refractivity contribution in [2.45, 2.75) is 64.3 Å². The van der Waals surface area contributed by atoms with E-state index in [1.807, 2.05) is 6.07 Å². The van der Waals surface area contributed by atoms with Gasteiger partial charge in [-0.2, -0.15) is 0 Å². The van der Waals surface area contributed by atoms with Crippen molar-refractivity contribution in [3.8, 4) is 11.5 Å². The highest BCUT2D eigenvalue weighted by molar-refractivity contribution is 9.09. The zero-order valence-electron chi connectivity index (χ0n) is 19.9. The first-order chi connectivity index (χ1) is 14.8. The van der Waals surface area contributed by atoms with Crippen molar-refractivity contribution in [1.82, 2.24) is 0 Å². The summed E-state index contributed by atoms with van der Waals surface area (Å²) >= 11 is 3.84. The van der Waals surface area contributed by atoms with Gasteiger partial charge in [0, 0.05) is 20.1 Å². The minimum atomic E-state index is -0.0454. The summed E-state index contributed by atoms with van der Waals surface area (Å²) in [5, 5.41) is 0. The van der Waals surface area contributed by atoms with E-state index in [2.05, 4.69) is 55.8 Å². The number of rotatable bonds is 13. The lowest BCUT2D eigenvalue weighted by molar-refractivity contribution is -0.145. The average molecular weight is 499 g/mol. The molecule has 0 aliphatic carbocycles. The number of benzene rings is 1. The molecular weight excluding hydrogens is 460 g/mol. The molecule has 4 atom stereocenters. The Hall–Kier alpha value is -1.27. The lowest BCUT2D eigenvalue weighted by atomic mass is 9.83. The first-order valence-corrected chi connectivity index (χ1v) is 12.3. The smallest absolute Gasteiger partial charge is 0.309 e. The van der Waals surface area contributed by atoms with Crippen molar-refractivity contribution >= 4 is 21.9 Å². The molecule has 6 heteroatoms. The zero-order valence-corrected chi connectivity index (χ0v) is 21.4. The molecule has 31 heavy (non-hydrogen) atoms. The molecule has 4 unspecified atom stereocenters. The standard InChI is InChI=1S/C25H39BrO5/c1-16(2)19(14-21(26)23-15-20(17(3)4)25(27)31-23)12-18-8-9-22(29-6)24(13-18)30-11-7-10-28-5/h8-9,13,16-17,19-21,23H,7,10-12,14-15H2,1-6H3. The molecule has 0 bridgehead atoms. The van der Waals surface area contributed by atoms with Gasteiger partial charge >= 0.3 is 5.97 Å². The van der Waals surface area contributed by atoms with Gasteiger partial charge in [-0.15, -0.1) is 0 Å². The van der Waals surface area contributed by atoms with Crippen LogP contribution in [0.2, 0.25) is 0 Å². The van der Waals surface area contributed by atoms with Crippen LogP contribution in [0.15, 0.2) is 18.2 Å². The summed E-state index contributed by atoms with van der Waals surface area (Å²) in [6.07, 6.45) is 3.49. The molecule has 0 spiro atoms. The molecule has 0 saturated carbocycles. The van der Waals surface area contributed by atoms with E-state index in [0.717, 1.165) is 37.2 Å². The number of esters is 1. The average Bonchev–Trinajstić information content (AvgIpc) is 3.13. The molecule has 5 nitrogen and oxygen atoms in total. The lowest BCUT2D eigenvalue weighted by Gasteiger charge is -2.26. The molecular formula is C25H39BrO5. The molecule has 1 aromatic carbocycles. The van der Waals surface area contributed by atoms with Crippen molar-refractivity contribution in [3.05, 3.63) is 23.8 Å². The third-order valence-electron chi connectivity index (χ3n) is 6.21. The maximum atomic E-state index is 12.2. The van der Waals surface area contributed by atoms with E-state index in [0.29, 0.717) is 31.0 Å². The second-order valence-corrected chi connectivity index (χ2v) is 10.4. The highest BCUT2D eigenvalue weighted by atomic mass is 79.9. The molecule has 1 aliphatic heterocycles. The Morgan fingerprint density at radius 2 is 1.87 bits per heavy atom. The van der Waals surface area contributed by atoms with Gasteiger partial charge in [0.25, 0.3) is 0 Å². The van der Waals surface area contributed by atoms with Crippen molar-refractivity contribution < 1.29 is 23.7 Å². The van der Waals surface area contributed by atoms with Gasteiger partial charge in [0.15, 0.2) is 11.5 Å². The zero-order chi connectivity index (χ0) is 23.0. The first-order valence-electron chi connectivity index (χ1n) is 11.4. The van der Waals surface area contributed by atoms with E-state index in [-0.39, 0.29) is 22.8 Å². The summed E-state index contributed by atoms with van der Waals surface area (Å²) in [5.41, 5.74) is 1.23. The predicted octanol–water partition coefficient (Wildman–Crippen LogP) is 5.67. The summed E-state index contributed by atoms with van der Waals surface area (Å²) in [4.78, 5) is 12.4. The number of methoxy groups -OCH3 is 2. The fourth-order valence-corrected chi connectivity index (χ4v) is 4.88. The van der Waals surface area contributed by atoms with Crippen LogP contribution in [0.5, 0.6) is 11.5 Å². The van der Waals surface area contributed by atoms with E-state index in [1.54, 1.807) is 14.2 Å². The lowest BCUT2D eigenvalue weighted by Crippen LogP contribution is -2.26. The van der Waals surface area contributed by atoms with Crippen molar-refractivity contribution in [1.29, 1.82) is 0 Å². The molecule has 1 saturated heterocycles. The molecule has 0 aromatic heterocycles. The molecule has 176 valence electrons. The Bertz CT molecular complexity index is 690. The minimum absolute atomic E-state index is 0.0157. The Labute approximate surface area is 196 Å². The number of carbonyl (C=O) groups excluding carboxylic acids is 1. The normalized spacial score (nSPS) is 20.7. The van der Waals surface area contributed by atoms with Crippen LogP contribution in [0, 0.1) is 23.7 Å². The Morgan fingerprint density at radius 1 is 1.13 bits per heavy atom. The van der Waals surface area contributed by atoms with Gasteiger partial charge in [-0.1, -0.05) is 49.7 Å². The summed E-state index contributed by atoms with van der Waals surface area (Å²) in [6.45, 7) is 9.96. The Balaban J connectivity index is 2.03. The van der Waals surface area contributed by atoms with Gasteiger partial charge in [-0.05, 0) is 54.7 Å². The van der Waals surface area contributed by atoms with Crippen LogP contribution in [0.1, 0.15) is 52.5 Å². The minimum Gasteiger partial charge on any atom is -0.493 e. The summed E-state index contributed by atoms with van der Waals surface area (Å²) in [7, 11) is 3.36. The fourth-order valence-electron chi connectivity index (χ4n) is 4.08. The first kappa shape index (κ1) is 26.0. The molecule has 0 N–H and O–H groups in total. The third kappa shape index (κ3) is 7.67. The molecule has 0 amide bonds. The second-order valence-electron chi connectivity index (χ2n) is 9.20. The predicted molar refractivity (Wildman–Crippen MR) is 127 cm³/mol. The summed E-state index contributed by atoms with van der Waals surface area (Å²) < 4.78 is 22.2. The van der Waals surface area contributed by atoms with Crippen LogP contribution < -0.4 is 9.47 Å². The van der Waals surface area contributed by atoms with E-state index in [1.165, 1.54) is 5.56 Å². The molecule has 1 fully saturated rings. The number of hydrogen-bond acceptors (Lipinski definition) is 5. The highest BCUT2D eigenvalue weighted by Crippen LogP contribution is 2.36. The second kappa shape index (κ2) is 12.7. The molecule has 1 aromatic rings. The van der Waals surface area contributed by atoms with Crippen LogP contribution in [-0.2, 0) is 20.7 Å². The van der Waals surface area contributed by atoms with E-state index in [9.17, 15) is 4.79 Å². The van der Waals surface area contributed by atoms with Crippen LogP contribution in [-0.4, -0.2) is 44.3 Å². The summed E-state index contributed by atoms with van der Waals surface area (Å²) in [6, 6.07) is 6.19. The summed E-state index contributed by atoms with van der Waals surface area (Å²) in [5.74, 6) is 2.77. The SMILES string of the molecule is COCCCOc1cc(CC(CC(Br)C2CC(C(C)C)C(=O)O2)C(C)C)ccc1OC. The number of carbonyl (C=O) groups is 1.